The van der Waals surface area contributed by atoms with Crippen LogP contribution >= 0.6 is 0 Å². The predicted octanol–water partition coefficient (Wildman–Crippen LogP) is 2.79. The van der Waals surface area contributed by atoms with Crippen LogP contribution in [0.4, 0.5) is 17.6 Å². The van der Waals surface area contributed by atoms with Gasteiger partial charge in [-0.2, -0.15) is 4.98 Å². The molecule has 2 atom stereocenters. The fourth-order valence-corrected chi connectivity index (χ4v) is 5.32. The fraction of sp³-hybridized carbons (Fsp3) is 0.565. The smallest absolute Gasteiger partial charge is 0.259 e. The quantitative estimate of drug-likeness (QED) is 0.813. The third-order valence-corrected chi connectivity index (χ3v) is 6.91. The number of anilines is 3. The predicted molar refractivity (Wildman–Crippen MR) is 122 cm³/mol. The maximum absolute atomic E-state index is 13.7. The van der Waals surface area contributed by atoms with Crippen molar-refractivity contribution >= 4 is 23.5 Å². The van der Waals surface area contributed by atoms with Gasteiger partial charge in [0.2, 0.25) is 5.95 Å². The molecule has 31 heavy (non-hydrogen) atoms. The van der Waals surface area contributed by atoms with Crippen molar-refractivity contribution in [3.8, 4) is 0 Å². The van der Waals surface area contributed by atoms with Crippen molar-refractivity contribution in [2.24, 2.45) is 0 Å². The molecular weight excluding hydrogens is 390 g/mol. The van der Waals surface area contributed by atoms with Gasteiger partial charge in [-0.25, -0.2) is 9.97 Å². The van der Waals surface area contributed by atoms with Crippen LogP contribution in [0.1, 0.15) is 49.9 Å². The van der Waals surface area contributed by atoms with Crippen molar-refractivity contribution in [3.63, 3.8) is 0 Å². The number of piperidine rings is 1. The Kier molecular flexibility index (Phi) is 5.38. The van der Waals surface area contributed by atoms with Crippen LogP contribution in [-0.2, 0) is 0 Å². The molecule has 2 saturated heterocycles. The van der Waals surface area contributed by atoms with Gasteiger partial charge in [-0.3, -0.25) is 4.79 Å². The molecule has 3 aliphatic heterocycles. The van der Waals surface area contributed by atoms with E-state index in [1.807, 2.05) is 25.3 Å². The maximum atomic E-state index is 13.7. The number of pyridine rings is 1. The summed E-state index contributed by atoms with van der Waals surface area (Å²) in [6.45, 7) is 7.62. The summed E-state index contributed by atoms with van der Waals surface area (Å²) < 4.78 is 0. The van der Waals surface area contributed by atoms with Crippen molar-refractivity contribution in [3.05, 3.63) is 36.2 Å². The molecule has 8 nitrogen and oxygen atoms in total. The van der Waals surface area contributed by atoms with Crippen molar-refractivity contribution in [2.75, 3.05) is 41.3 Å². The summed E-state index contributed by atoms with van der Waals surface area (Å²) in [5.74, 6) is 2.51. The van der Waals surface area contributed by atoms with E-state index in [0.717, 1.165) is 63.5 Å². The number of fused-ring (bicyclic) bond motifs is 3. The molecule has 0 saturated carbocycles. The average Bonchev–Trinajstić information content (AvgIpc) is 3.12. The highest BCUT2D eigenvalue weighted by molar-refractivity contribution is 6.00. The first-order chi connectivity index (χ1) is 15.2. The van der Waals surface area contributed by atoms with E-state index < -0.39 is 0 Å². The molecule has 0 spiro atoms. The molecule has 8 heteroatoms. The van der Waals surface area contributed by atoms with E-state index in [9.17, 15) is 4.79 Å². The molecule has 3 aliphatic rings. The van der Waals surface area contributed by atoms with Crippen molar-refractivity contribution in [1.29, 1.82) is 0 Å². The van der Waals surface area contributed by atoms with E-state index in [1.54, 1.807) is 6.20 Å². The molecule has 0 aromatic carbocycles. The first kappa shape index (κ1) is 20.0. The minimum atomic E-state index is 0.0796. The first-order valence-corrected chi connectivity index (χ1v) is 11.5. The number of nitrogens with zero attached hydrogens (tertiary/aromatic N) is 6. The molecule has 2 fully saturated rings. The Hall–Kier alpha value is -2.90. The molecule has 1 amide bonds. The summed E-state index contributed by atoms with van der Waals surface area (Å²) in [5, 5.41) is 3.20. The zero-order valence-corrected chi connectivity index (χ0v) is 18.4. The second kappa shape index (κ2) is 8.32. The van der Waals surface area contributed by atoms with E-state index >= 15 is 0 Å². The molecule has 1 N–H and O–H groups in total. The van der Waals surface area contributed by atoms with Crippen LogP contribution < -0.4 is 15.1 Å². The number of carbonyl (C=O) groups is 1. The summed E-state index contributed by atoms with van der Waals surface area (Å²) in [7, 11) is 0. The summed E-state index contributed by atoms with van der Waals surface area (Å²) in [4.78, 5) is 34.2. The lowest BCUT2D eigenvalue weighted by Gasteiger charge is -2.39. The van der Waals surface area contributed by atoms with Crippen LogP contribution in [0, 0.1) is 0 Å². The molecule has 5 heterocycles. The largest absolute Gasteiger partial charge is 0.356 e. The second-order valence-electron chi connectivity index (χ2n) is 8.81. The van der Waals surface area contributed by atoms with Gasteiger partial charge in [0, 0.05) is 56.7 Å². The molecule has 0 radical (unpaired) electrons. The van der Waals surface area contributed by atoms with Crippen molar-refractivity contribution < 1.29 is 4.79 Å². The Bertz CT molecular complexity index is 929. The number of nitrogens with one attached hydrogen (secondary N) is 1. The lowest BCUT2D eigenvalue weighted by atomic mass is 10.0. The van der Waals surface area contributed by atoms with Gasteiger partial charge in [0.1, 0.15) is 17.2 Å². The number of carbonyl (C=O) groups excluding carboxylic acids is 1. The number of hydrogen-bond acceptors (Lipinski definition) is 7. The lowest BCUT2D eigenvalue weighted by Crippen LogP contribution is -2.50. The highest BCUT2D eigenvalue weighted by Crippen LogP contribution is 2.37. The standard InChI is InChI=1S/C23H31N7O/c1-3-24-23-26-14-19-21(27-23)30-16(2)7-8-18(30)15-29(22(19)31)17-9-12-28(13-10-17)20-6-4-5-11-25-20/h4-6,11,14,16-18H,3,7-10,12-13,15H2,1-2H3,(H,24,26,27)/t16-,18?/m0/s1. The number of amides is 1. The zero-order chi connectivity index (χ0) is 21.4. The fourth-order valence-electron chi connectivity index (χ4n) is 5.32. The normalized spacial score (nSPS) is 24.1. The van der Waals surface area contributed by atoms with Gasteiger partial charge < -0.3 is 20.0 Å². The van der Waals surface area contributed by atoms with E-state index in [2.05, 4.69) is 43.0 Å². The minimum Gasteiger partial charge on any atom is -0.356 e. The molecule has 0 aliphatic carbocycles. The monoisotopic (exact) mass is 421 g/mol. The van der Waals surface area contributed by atoms with E-state index in [0.29, 0.717) is 23.6 Å². The highest BCUT2D eigenvalue weighted by Gasteiger charge is 2.42. The topological polar surface area (TPSA) is 77.5 Å². The van der Waals surface area contributed by atoms with Crippen LogP contribution in [0.2, 0.25) is 0 Å². The molecule has 164 valence electrons. The molecule has 2 aromatic rings. The Morgan fingerprint density at radius 3 is 2.68 bits per heavy atom. The lowest BCUT2D eigenvalue weighted by molar-refractivity contribution is 0.0645. The van der Waals surface area contributed by atoms with Gasteiger partial charge in [0.25, 0.3) is 5.91 Å². The SMILES string of the molecule is CCNc1ncc2c(n1)N1C(CC[C@@H]1C)CN(C1CCN(c3ccccn3)CC1)C2=O. The first-order valence-electron chi connectivity index (χ1n) is 11.5. The van der Waals surface area contributed by atoms with Crippen molar-refractivity contribution in [2.45, 2.75) is 57.7 Å². The molecule has 2 aromatic heterocycles. The minimum absolute atomic E-state index is 0.0796. The maximum Gasteiger partial charge on any atom is 0.259 e. The van der Waals surface area contributed by atoms with Crippen LogP contribution in [-0.4, -0.2) is 70.1 Å². The molecule has 5 rings (SSSR count). The van der Waals surface area contributed by atoms with Gasteiger partial charge in [-0.15, -0.1) is 0 Å². The molecular formula is C23H31N7O. The highest BCUT2D eigenvalue weighted by atomic mass is 16.2. The van der Waals surface area contributed by atoms with E-state index in [-0.39, 0.29) is 11.9 Å². The van der Waals surface area contributed by atoms with Gasteiger partial charge in [-0.1, -0.05) is 6.07 Å². The van der Waals surface area contributed by atoms with Crippen LogP contribution in [0.15, 0.2) is 30.6 Å². The summed E-state index contributed by atoms with van der Waals surface area (Å²) in [5.41, 5.74) is 0.644. The van der Waals surface area contributed by atoms with Crippen LogP contribution in [0.25, 0.3) is 0 Å². The number of hydrogen-bond donors (Lipinski definition) is 1. The molecule has 0 bridgehead atoms. The number of rotatable bonds is 4. The average molecular weight is 422 g/mol. The zero-order valence-electron chi connectivity index (χ0n) is 18.4. The van der Waals surface area contributed by atoms with E-state index in [4.69, 9.17) is 4.98 Å². The third kappa shape index (κ3) is 3.68. The third-order valence-electron chi connectivity index (χ3n) is 6.91. The van der Waals surface area contributed by atoms with E-state index in [1.165, 1.54) is 0 Å². The Balaban J connectivity index is 1.40. The Morgan fingerprint density at radius 2 is 1.94 bits per heavy atom. The van der Waals surface area contributed by atoms with Gasteiger partial charge in [0.05, 0.1) is 0 Å². The van der Waals surface area contributed by atoms with Gasteiger partial charge in [0.15, 0.2) is 0 Å². The van der Waals surface area contributed by atoms with Crippen LogP contribution in [0.3, 0.4) is 0 Å². The summed E-state index contributed by atoms with van der Waals surface area (Å²) >= 11 is 0. The van der Waals surface area contributed by atoms with Gasteiger partial charge >= 0.3 is 0 Å². The van der Waals surface area contributed by atoms with Crippen LogP contribution in [0.5, 0.6) is 0 Å². The second-order valence-corrected chi connectivity index (χ2v) is 8.81. The molecule has 1 unspecified atom stereocenters. The Labute approximate surface area is 183 Å². The van der Waals surface area contributed by atoms with Crippen molar-refractivity contribution in [1.82, 2.24) is 19.9 Å². The summed E-state index contributed by atoms with van der Waals surface area (Å²) in [6.07, 6.45) is 7.70. The number of aromatic nitrogens is 3. The Morgan fingerprint density at radius 1 is 1.10 bits per heavy atom. The van der Waals surface area contributed by atoms with Gasteiger partial charge in [-0.05, 0) is 51.7 Å². The summed E-state index contributed by atoms with van der Waals surface area (Å²) in [6, 6.07) is 6.97.